The number of nitrogens with one attached hydrogen (secondary N) is 1. The van der Waals surface area contributed by atoms with Gasteiger partial charge in [-0.05, 0) is 37.9 Å². The first-order valence-electron chi connectivity index (χ1n) is 5.39. The number of hydrogen-bond acceptors (Lipinski definition) is 6. The summed E-state index contributed by atoms with van der Waals surface area (Å²) in [6.07, 6.45) is 0. The van der Waals surface area contributed by atoms with E-state index in [0.29, 0.717) is 10.9 Å². The van der Waals surface area contributed by atoms with E-state index in [9.17, 15) is 4.79 Å². The molecule has 0 radical (unpaired) electrons. The molecule has 1 heterocycles. The number of thiazole rings is 1. The van der Waals surface area contributed by atoms with Crippen molar-refractivity contribution in [3.63, 3.8) is 0 Å². The van der Waals surface area contributed by atoms with Crippen LogP contribution in [0.5, 0.6) is 5.75 Å². The molecule has 1 N–H and O–H groups in total. The molecule has 0 amide bonds. The summed E-state index contributed by atoms with van der Waals surface area (Å²) < 4.78 is 11.5. The number of methoxy groups -OCH3 is 2. The zero-order valence-corrected chi connectivity index (χ0v) is 14.6. The maximum Gasteiger partial charge on any atom is 0.357 e. The van der Waals surface area contributed by atoms with Crippen LogP contribution < -0.4 is 10.1 Å². The van der Waals surface area contributed by atoms with Crippen LogP contribution in [0.25, 0.3) is 0 Å². The maximum atomic E-state index is 11.3. The standard InChI is InChI=1S/C12H10Br2N2O3S/c1-18-10-4-8(6(13)3-7(10)14)15-12-16-9(5-20-12)11(17)19-2/h3-5H,1-2H3,(H,15,16). The molecule has 1 aromatic heterocycles. The monoisotopic (exact) mass is 420 g/mol. The third kappa shape index (κ3) is 3.31. The second kappa shape index (κ2) is 6.55. The Hall–Kier alpha value is -1.12. The van der Waals surface area contributed by atoms with E-state index in [1.807, 2.05) is 12.1 Å². The fraction of sp³-hybridized carbons (Fsp3) is 0.167. The molecule has 1 aromatic carbocycles. The lowest BCUT2D eigenvalue weighted by molar-refractivity contribution is 0.0595. The van der Waals surface area contributed by atoms with Crippen LogP contribution in [0, 0.1) is 0 Å². The summed E-state index contributed by atoms with van der Waals surface area (Å²) >= 11 is 8.17. The fourth-order valence-corrected chi connectivity index (χ4v) is 3.37. The Kier molecular flexibility index (Phi) is 5.00. The number of nitrogens with zero attached hydrogens (tertiary/aromatic N) is 1. The van der Waals surface area contributed by atoms with Crippen molar-refractivity contribution in [2.45, 2.75) is 0 Å². The summed E-state index contributed by atoms with van der Waals surface area (Å²) in [5, 5.41) is 5.36. The van der Waals surface area contributed by atoms with Gasteiger partial charge in [0.2, 0.25) is 0 Å². The number of esters is 1. The number of anilines is 2. The largest absolute Gasteiger partial charge is 0.495 e. The summed E-state index contributed by atoms with van der Waals surface area (Å²) in [5.41, 5.74) is 1.07. The van der Waals surface area contributed by atoms with Crippen LogP contribution in [0.4, 0.5) is 10.8 Å². The molecule has 0 bridgehead atoms. The Balaban J connectivity index is 2.26. The lowest BCUT2D eigenvalue weighted by Crippen LogP contribution is -2.01. The van der Waals surface area contributed by atoms with Gasteiger partial charge in [-0.25, -0.2) is 9.78 Å². The van der Waals surface area contributed by atoms with Crippen molar-refractivity contribution in [2.75, 3.05) is 19.5 Å². The summed E-state index contributed by atoms with van der Waals surface area (Å²) in [4.78, 5) is 15.5. The van der Waals surface area contributed by atoms with Crippen molar-refractivity contribution >= 4 is 60.0 Å². The molecule has 0 atom stereocenters. The van der Waals surface area contributed by atoms with Gasteiger partial charge in [0.1, 0.15) is 5.75 Å². The first-order valence-corrected chi connectivity index (χ1v) is 7.85. The number of ether oxygens (including phenoxy) is 2. The molecular weight excluding hydrogens is 412 g/mol. The van der Waals surface area contributed by atoms with Gasteiger partial charge in [-0.2, -0.15) is 0 Å². The van der Waals surface area contributed by atoms with Gasteiger partial charge in [0.25, 0.3) is 0 Å². The van der Waals surface area contributed by atoms with Gasteiger partial charge in [0, 0.05) is 15.9 Å². The molecule has 8 heteroatoms. The van der Waals surface area contributed by atoms with E-state index in [-0.39, 0.29) is 5.69 Å². The summed E-state index contributed by atoms with van der Waals surface area (Å²) in [6.45, 7) is 0. The summed E-state index contributed by atoms with van der Waals surface area (Å²) in [7, 11) is 2.92. The average Bonchev–Trinajstić information content (AvgIpc) is 2.89. The molecule has 2 rings (SSSR count). The molecule has 0 aliphatic rings. The number of carbonyl (C=O) groups is 1. The van der Waals surface area contributed by atoms with Crippen molar-refractivity contribution in [1.82, 2.24) is 4.98 Å². The van der Waals surface area contributed by atoms with E-state index in [1.54, 1.807) is 12.5 Å². The van der Waals surface area contributed by atoms with Gasteiger partial charge in [0.15, 0.2) is 10.8 Å². The van der Waals surface area contributed by atoms with Crippen LogP contribution in [0.3, 0.4) is 0 Å². The van der Waals surface area contributed by atoms with E-state index in [4.69, 9.17) is 4.74 Å². The predicted octanol–water partition coefficient (Wildman–Crippen LogP) is 4.21. The quantitative estimate of drug-likeness (QED) is 0.749. The molecule has 0 aliphatic carbocycles. The second-order valence-electron chi connectivity index (χ2n) is 3.62. The predicted molar refractivity (Wildman–Crippen MR) is 85.1 cm³/mol. The lowest BCUT2D eigenvalue weighted by atomic mass is 10.3. The van der Waals surface area contributed by atoms with Gasteiger partial charge < -0.3 is 14.8 Å². The van der Waals surface area contributed by atoms with E-state index >= 15 is 0 Å². The number of hydrogen-bond donors (Lipinski definition) is 1. The highest BCUT2D eigenvalue weighted by molar-refractivity contribution is 9.11. The first-order chi connectivity index (χ1) is 9.55. The van der Waals surface area contributed by atoms with Gasteiger partial charge in [-0.3, -0.25) is 0 Å². The molecule has 0 fully saturated rings. The van der Waals surface area contributed by atoms with Crippen LogP contribution in [-0.2, 0) is 4.74 Å². The van der Waals surface area contributed by atoms with Crippen molar-refractivity contribution < 1.29 is 14.3 Å². The number of benzene rings is 1. The zero-order chi connectivity index (χ0) is 14.7. The van der Waals surface area contributed by atoms with Crippen LogP contribution in [0.2, 0.25) is 0 Å². The topological polar surface area (TPSA) is 60.5 Å². The lowest BCUT2D eigenvalue weighted by Gasteiger charge is -2.09. The summed E-state index contributed by atoms with van der Waals surface area (Å²) in [5.74, 6) is 0.238. The minimum Gasteiger partial charge on any atom is -0.495 e. The van der Waals surface area contributed by atoms with E-state index < -0.39 is 5.97 Å². The maximum absolute atomic E-state index is 11.3. The van der Waals surface area contributed by atoms with Crippen LogP contribution in [-0.4, -0.2) is 25.2 Å². The molecule has 2 aromatic rings. The zero-order valence-electron chi connectivity index (χ0n) is 10.6. The van der Waals surface area contributed by atoms with Crippen LogP contribution in [0.1, 0.15) is 10.5 Å². The molecule has 20 heavy (non-hydrogen) atoms. The van der Waals surface area contributed by atoms with Gasteiger partial charge in [-0.15, -0.1) is 11.3 Å². The molecule has 0 saturated carbocycles. The highest BCUT2D eigenvalue weighted by atomic mass is 79.9. The number of rotatable bonds is 4. The van der Waals surface area contributed by atoms with Crippen LogP contribution >= 0.6 is 43.2 Å². The van der Waals surface area contributed by atoms with Crippen molar-refractivity contribution in [3.05, 3.63) is 32.2 Å². The highest BCUT2D eigenvalue weighted by Gasteiger charge is 2.13. The van der Waals surface area contributed by atoms with Gasteiger partial charge in [0.05, 0.1) is 24.4 Å². The molecule has 0 saturated heterocycles. The minimum absolute atomic E-state index is 0.278. The third-order valence-electron chi connectivity index (χ3n) is 2.38. The molecular formula is C12H10Br2N2O3S. The van der Waals surface area contributed by atoms with E-state index in [2.05, 4.69) is 46.9 Å². The third-order valence-corrected chi connectivity index (χ3v) is 4.42. The average molecular weight is 422 g/mol. The van der Waals surface area contributed by atoms with Gasteiger partial charge >= 0.3 is 5.97 Å². The Bertz CT molecular complexity index is 646. The smallest absolute Gasteiger partial charge is 0.357 e. The molecule has 5 nitrogen and oxygen atoms in total. The van der Waals surface area contributed by atoms with Gasteiger partial charge in [-0.1, -0.05) is 0 Å². The Morgan fingerprint density at radius 3 is 2.70 bits per heavy atom. The molecule has 0 aliphatic heterocycles. The Morgan fingerprint density at radius 1 is 1.30 bits per heavy atom. The molecule has 0 unspecified atom stereocenters. The Labute approximate surface area is 136 Å². The second-order valence-corrected chi connectivity index (χ2v) is 6.19. The summed E-state index contributed by atoms with van der Waals surface area (Å²) in [6, 6.07) is 3.70. The normalized spacial score (nSPS) is 10.2. The fourth-order valence-electron chi connectivity index (χ4n) is 1.43. The minimum atomic E-state index is -0.457. The Morgan fingerprint density at radius 2 is 2.05 bits per heavy atom. The number of aromatic nitrogens is 1. The molecule has 0 spiro atoms. The van der Waals surface area contributed by atoms with E-state index in [0.717, 1.165) is 14.6 Å². The SMILES string of the molecule is COC(=O)c1csc(Nc2cc(OC)c(Br)cc2Br)n1. The number of carbonyl (C=O) groups excluding carboxylic acids is 1. The van der Waals surface area contributed by atoms with E-state index in [1.165, 1.54) is 18.4 Å². The molecule has 106 valence electrons. The highest BCUT2D eigenvalue weighted by Crippen LogP contribution is 2.36. The first kappa shape index (κ1) is 15.3. The van der Waals surface area contributed by atoms with Crippen LogP contribution in [0.15, 0.2) is 26.5 Å². The van der Waals surface area contributed by atoms with Crippen molar-refractivity contribution in [1.29, 1.82) is 0 Å². The van der Waals surface area contributed by atoms with Crippen molar-refractivity contribution in [3.8, 4) is 5.75 Å². The number of halogens is 2. The van der Waals surface area contributed by atoms with Crippen molar-refractivity contribution in [2.24, 2.45) is 0 Å².